The number of rotatable bonds is 8. The van der Waals surface area contributed by atoms with Gasteiger partial charge in [-0.3, -0.25) is 4.90 Å². The van der Waals surface area contributed by atoms with Crippen LogP contribution in [-0.2, 0) is 14.3 Å². The molecule has 0 radical (unpaired) electrons. The summed E-state index contributed by atoms with van der Waals surface area (Å²) in [4.78, 5) is 12.6. The third-order valence-electron chi connectivity index (χ3n) is 1.94. The van der Waals surface area contributed by atoms with Crippen molar-refractivity contribution >= 4 is 6.29 Å². The average Bonchev–Trinajstić information content (AvgIpc) is 2.17. The van der Waals surface area contributed by atoms with E-state index in [0.717, 1.165) is 19.4 Å². The van der Waals surface area contributed by atoms with Crippen molar-refractivity contribution < 1.29 is 14.3 Å². The first-order chi connectivity index (χ1) is 6.26. The molecule has 0 fully saturated rings. The predicted molar refractivity (Wildman–Crippen MR) is 50.9 cm³/mol. The average molecular weight is 189 g/mol. The summed E-state index contributed by atoms with van der Waals surface area (Å²) < 4.78 is 9.90. The number of carbonyl (C=O) groups excluding carboxylic acids is 1. The molecule has 0 spiro atoms. The summed E-state index contributed by atoms with van der Waals surface area (Å²) in [6.07, 6.45) is 0.936. The lowest BCUT2D eigenvalue weighted by atomic mass is 10.3. The Kier molecular flexibility index (Phi) is 7.88. The second-order valence-corrected chi connectivity index (χ2v) is 2.90. The summed E-state index contributed by atoms with van der Waals surface area (Å²) in [5, 5.41) is 0. The van der Waals surface area contributed by atoms with Gasteiger partial charge in [-0.25, -0.2) is 0 Å². The molecule has 78 valence electrons. The Bertz CT molecular complexity index is 122. The Morgan fingerprint density at radius 1 is 1.23 bits per heavy atom. The molecule has 0 saturated heterocycles. The van der Waals surface area contributed by atoms with E-state index >= 15 is 0 Å². The molecule has 0 N–H and O–H groups in total. The molecule has 0 amide bonds. The van der Waals surface area contributed by atoms with E-state index in [9.17, 15) is 4.79 Å². The van der Waals surface area contributed by atoms with E-state index in [4.69, 9.17) is 9.47 Å². The van der Waals surface area contributed by atoms with Crippen molar-refractivity contribution in [3.05, 3.63) is 0 Å². The lowest BCUT2D eigenvalue weighted by Crippen LogP contribution is -2.38. The van der Waals surface area contributed by atoms with Gasteiger partial charge in [0.25, 0.3) is 0 Å². The first-order valence-electron chi connectivity index (χ1n) is 4.43. The van der Waals surface area contributed by atoms with Crippen LogP contribution in [0.5, 0.6) is 0 Å². The van der Waals surface area contributed by atoms with Gasteiger partial charge < -0.3 is 14.3 Å². The molecule has 4 heteroatoms. The van der Waals surface area contributed by atoms with Gasteiger partial charge >= 0.3 is 0 Å². The van der Waals surface area contributed by atoms with Crippen molar-refractivity contribution in [1.29, 1.82) is 0 Å². The van der Waals surface area contributed by atoms with Gasteiger partial charge in [0, 0.05) is 27.3 Å². The van der Waals surface area contributed by atoms with E-state index in [1.807, 2.05) is 11.8 Å². The number of nitrogens with zero attached hydrogens (tertiary/aromatic N) is 1. The van der Waals surface area contributed by atoms with Crippen molar-refractivity contribution in [2.45, 2.75) is 13.0 Å². The van der Waals surface area contributed by atoms with Gasteiger partial charge in [-0.15, -0.1) is 0 Å². The highest BCUT2D eigenvalue weighted by Gasteiger charge is 2.11. The molecule has 0 aromatic carbocycles. The van der Waals surface area contributed by atoms with Crippen LogP contribution in [0.1, 0.15) is 6.92 Å². The molecule has 0 heterocycles. The predicted octanol–water partition coefficient (Wildman–Crippen LogP) is 0.169. The summed E-state index contributed by atoms with van der Waals surface area (Å²) in [7, 11) is 3.31. The van der Waals surface area contributed by atoms with E-state index in [2.05, 4.69) is 0 Å². The van der Waals surface area contributed by atoms with Crippen LogP contribution in [-0.4, -0.2) is 57.8 Å². The fourth-order valence-electron chi connectivity index (χ4n) is 1.02. The normalized spacial score (nSPS) is 13.2. The maximum absolute atomic E-state index is 10.5. The zero-order valence-corrected chi connectivity index (χ0v) is 8.66. The minimum atomic E-state index is -0.0645. The topological polar surface area (TPSA) is 38.8 Å². The highest BCUT2D eigenvalue weighted by atomic mass is 16.5. The van der Waals surface area contributed by atoms with Gasteiger partial charge in [0.2, 0.25) is 0 Å². The highest BCUT2D eigenvalue weighted by Crippen LogP contribution is 1.95. The Hall–Kier alpha value is -0.450. The number of hydrogen-bond donors (Lipinski definition) is 0. The van der Waals surface area contributed by atoms with Crippen molar-refractivity contribution in [2.24, 2.45) is 0 Å². The largest absolute Gasteiger partial charge is 0.383 e. The van der Waals surface area contributed by atoms with Crippen LogP contribution in [0.3, 0.4) is 0 Å². The Labute approximate surface area is 79.8 Å². The molecule has 0 aromatic heterocycles. The number of methoxy groups -OCH3 is 2. The number of aldehydes is 1. The number of ether oxygens (including phenoxy) is 2. The van der Waals surface area contributed by atoms with Gasteiger partial charge in [0.05, 0.1) is 19.3 Å². The number of carbonyl (C=O) groups is 1. The fourth-order valence-corrected chi connectivity index (χ4v) is 1.02. The standard InChI is InChI=1S/C9H19NO3/c1-9(8-11)10(4-6-12-2)5-7-13-3/h8-9H,4-7H2,1-3H3. The van der Waals surface area contributed by atoms with E-state index in [1.165, 1.54) is 0 Å². The van der Waals surface area contributed by atoms with Crippen LogP contribution in [0.2, 0.25) is 0 Å². The first-order valence-corrected chi connectivity index (χ1v) is 4.43. The lowest BCUT2D eigenvalue weighted by molar-refractivity contribution is -0.112. The molecule has 1 unspecified atom stereocenters. The molecule has 1 atom stereocenters. The van der Waals surface area contributed by atoms with Crippen molar-refractivity contribution in [1.82, 2.24) is 4.90 Å². The van der Waals surface area contributed by atoms with Crippen molar-refractivity contribution in [3.8, 4) is 0 Å². The number of hydrogen-bond acceptors (Lipinski definition) is 4. The summed E-state index contributed by atoms with van der Waals surface area (Å²) in [6.45, 7) is 4.68. The van der Waals surface area contributed by atoms with Gasteiger partial charge in [-0.2, -0.15) is 0 Å². The smallest absolute Gasteiger partial charge is 0.136 e. The molecule has 0 rings (SSSR count). The van der Waals surface area contributed by atoms with Crippen LogP contribution in [0.15, 0.2) is 0 Å². The third-order valence-corrected chi connectivity index (χ3v) is 1.94. The summed E-state index contributed by atoms with van der Waals surface area (Å²) in [5.74, 6) is 0. The second-order valence-electron chi connectivity index (χ2n) is 2.90. The maximum Gasteiger partial charge on any atom is 0.136 e. The van der Waals surface area contributed by atoms with Gasteiger partial charge in [0.1, 0.15) is 6.29 Å². The Balaban J connectivity index is 3.79. The quantitative estimate of drug-likeness (QED) is 0.510. The summed E-state index contributed by atoms with van der Waals surface area (Å²) in [6, 6.07) is -0.0645. The highest BCUT2D eigenvalue weighted by molar-refractivity contribution is 5.56. The SMILES string of the molecule is COCCN(CCOC)C(C)C=O. The zero-order chi connectivity index (χ0) is 10.1. The van der Waals surface area contributed by atoms with Gasteiger partial charge in [0.15, 0.2) is 0 Å². The molecule has 0 aliphatic carbocycles. The molecule has 13 heavy (non-hydrogen) atoms. The van der Waals surface area contributed by atoms with E-state index in [1.54, 1.807) is 14.2 Å². The Morgan fingerprint density at radius 2 is 1.69 bits per heavy atom. The molecule has 4 nitrogen and oxygen atoms in total. The van der Waals surface area contributed by atoms with Crippen LogP contribution < -0.4 is 0 Å². The van der Waals surface area contributed by atoms with Crippen LogP contribution in [0.25, 0.3) is 0 Å². The van der Waals surface area contributed by atoms with Crippen molar-refractivity contribution in [3.63, 3.8) is 0 Å². The zero-order valence-electron chi connectivity index (χ0n) is 8.66. The van der Waals surface area contributed by atoms with E-state index in [-0.39, 0.29) is 6.04 Å². The maximum atomic E-state index is 10.5. The molecule has 0 aliphatic rings. The molecule has 0 aromatic rings. The molecular weight excluding hydrogens is 170 g/mol. The summed E-state index contributed by atoms with van der Waals surface area (Å²) >= 11 is 0. The first kappa shape index (κ1) is 12.6. The minimum Gasteiger partial charge on any atom is -0.383 e. The molecule has 0 bridgehead atoms. The van der Waals surface area contributed by atoms with Gasteiger partial charge in [-0.05, 0) is 6.92 Å². The summed E-state index contributed by atoms with van der Waals surface area (Å²) in [5.41, 5.74) is 0. The van der Waals surface area contributed by atoms with Crippen LogP contribution in [0, 0.1) is 0 Å². The molecular formula is C9H19NO3. The fraction of sp³-hybridized carbons (Fsp3) is 0.889. The molecule has 0 aliphatic heterocycles. The monoisotopic (exact) mass is 189 g/mol. The van der Waals surface area contributed by atoms with Crippen molar-refractivity contribution in [2.75, 3.05) is 40.5 Å². The Morgan fingerprint density at radius 3 is 2.00 bits per heavy atom. The van der Waals surface area contributed by atoms with Gasteiger partial charge in [-0.1, -0.05) is 0 Å². The second kappa shape index (κ2) is 8.16. The van der Waals surface area contributed by atoms with E-state index < -0.39 is 0 Å². The minimum absolute atomic E-state index is 0.0645. The molecule has 0 saturated carbocycles. The van der Waals surface area contributed by atoms with E-state index in [0.29, 0.717) is 13.2 Å². The lowest BCUT2D eigenvalue weighted by Gasteiger charge is -2.24. The van der Waals surface area contributed by atoms with Crippen LogP contribution in [0.4, 0.5) is 0 Å². The van der Waals surface area contributed by atoms with Crippen LogP contribution >= 0.6 is 0 Å². The third kappa shape index (κ3) is 5.74.